The van der Waals surface area contributed by atoms with Crippen molar-refractivity contribution in [2.45, 2.75) is 19.3 Å². The fourth-order valence-electron chi connectivity index (χ4n) is 2.11. The van der Waals surface area contributed by atoms with E-state index in [2.05, 4.69) is 21.6 Å². The molecule has 0 spiro atoms. The third-order valence-corrected chi connectivity index (χ3v) is 4.06. The molecule has 3 rings (SSSR count). The summed E-state index contributed by atoms with van der Waals surface area (Å²) in [6, 6.07) is 7.39. The number of nitrogens with zero attached hydrogens (tertiary/aromatic N) is 3. The molecule has 20 heavy (non-hydrogen) atoms. The molecule has 0 aliphatic heterocycles. The van der Waals surface area contributed by atoms with Crippen LogP contribution in [0.1, 0.15) is 27.5 Å². The van der Waals surface area contributed by atoms with Gasteiger partial charge in [0.15, 0.2) is 5.65 Å². The largest absolute Gasteiger partial charge is 0.478 e. The molecule has 0 atom stereocenters. The van der Waals surface area contributed by atoms with Crippen molar-refractivity contribution in [2.24, 2.45) is 0 Å². The zero-order valence-corrected chi connectivity index (χ0v) is 11.5. The highest BCUT2D eigenvalue weighted by Gasteiger charge is 2.09. The maximum Gasteiger partial charge on any atom is 0.337 e. The number of hydrogen-bond donors (Lipinski definition) is 1. The fraction of sp³-hybridized carbons (Fsp3) is 0.214. The van der Waals surface area contributed by atoms with Crippen molar-refractivity contribution in [1.29, 1.82) is 0 Å². The Morgan fingerprint density at radius 2 is 2.15 bits per heavy atom. The van der Waals surface area contributed by atoms with Crippen molar-refractivity contribution >= 4 is 23.0 Å². The predicted molar refractivity (Wildman–Crippen MR) is 76.3 cm³/mol. The summed E-state index contributed by atoms with van der Waals surface area (Å²) < 4.78 is 1.76. The lowest BCUT2D eigenvalue weighted by Crippen LogP contribution is -2.01. The Labute approximate surface area is 119 Å². The summed E-state index contributed by atoms with van der Waals surface area (Å²) in [5.41, 5.74) is 0.929. The molecule has 0 aliphatic rings. The van der Waals surface area contributed by atoms with Crippen LogP contribution >= 0.6 is 11.3 Å². The maximum absolute atomic E-state index is 11.0. The second kappa shape index (κ2) is 5.42. The van der Waals surface area contributed by atoms with E-state index in [-0.39, 0.29) is 5.56 Å². The van der Waals surface area contributed by atoms with Gasteiger partial charge in [-0.1, -0.05) is 6.07 Å². The molecule has 0 amide bonds. The van der Waals surface area contributed by atoms with E-state index in [4.69, 9.17) is 5.11 Å². The Morgan fingerprint density at radius 1 is 1.25 bits per heavy atom. The smallest absolute Gasteiger partial charge is 0.337 e. The maximum atomic E-state index is 11.0. The van der Waals surface area contributed by atoms with E-state index in [1.165, 1.54) is 4.88 Å². The van der Waals surface area contributed by atoms with Crippen molar-refractivity contribution in [3.8, 4) is 0 Å². The van der Waals surface area contributed by atoms with Crippen LogP contribution < -0.4 is 0 Å². The van der Waals surface area contributed by atoms with Gasteiger partial charge in [0.2, 0.25) is 0 Å². The van der Waals surface area contributed by atoms with Gasteiger partial charge < -0.3 is 5.11 Å². The van der Waals surface area contributed by atoms with Crippen LogP contribution in [0.3, 0.4) is 0 Å². The minimum Gasteiger partial charge on any atom is -0.478 e. The van der Waals surface area contributed by atoms with Gasteiger partial charge in [0.25, 0.3) is 0 Å². The first-order valence-corrected chi connectivity index (χ1v) is 7.21. The number of carbonyl (C=O) groups is 1. The number of aromatic carboxylic acids is 1. The highest BCUT2D eigenvalue weighted by Crippen LogP contribution is 2.14. The average Bonchev–Trinajstić information content (AvgIpc) is 3.08. The third kappa shape index (κ3) is 2.55. The molecule has 0 fully saturated rings. The van der Waals surface area contributed by atoms with Crippen LogP contribution in [0.5, 0.6) is 0 Å². The molecule has 102 valence electrons. The van der Waals surface area contributed by atoms with Gasteiger partial charge in [0.05, 0.1) is 5.56 Å². The number of pyridine rings is 1. The van der Waals surface area contributed by atoms with E-state index in [0.29, 0.717) is 5.65 Å². The number of aromatic nitrogens is 3. The topological polar surface area (TPSA) is 67.5 Å². The lowest BCUT2D eigenvalue weighted by molar-refractivity contribution is 0.0696. The average molecular weight is 287 g/mol. The van der Waals surface area contributed by atoms with Crippen LogP contribution in [0.2, 0.25) is 0 Å². The van der Waals surface area contributed by atoms with Gasteiger partial charge in [-0.3, -0.25) is 4.40 Å². The first kappa shape index (κ1) is 12.8. The minimum absolute atomic E-state index is 0.247. The Balaban J connectivity index is 1.77. The Hall–Kier alpha value is -2.21. The zero-order chi connectivity index (χ0) is 13.9. The van der Waals surface area contributed by atoms with E-state index in [0.717, 1.165) is 25.1 Å². The molecule has 0 aliphatic carbocycles. The van der Waals surface area contributed by atoms with E-state index in [9.17, 15) is 4.79 Å². The highest BCUT2D eigenvalue weighted by atomic mass is 32.1. The Morgan fingerprint density at radius 3 is 2.90 bits per heavy atom. The lowest BCUT2D eigenvalue weighted by Gasteiger charge is -2.01. The van der Waals surface area contributed by atoms with Crippen molar-refractivity contribution < 1.29 is 9.90 Å². The molecule has 0 unspecified atom stereocenters. The van der Waals surface area contributed by atoms with Crippen molar-refractivity contribution in [1.82, 2.24) is 14.6 Å². The van der Waals surface area contributed by atoms with Crippen LogP contribution in [0.15, 0.2) is 35.8 Å². The molecule has 3 heterocycles. The van der Waals surface area contributed by atoms with Crippen LogP contribution in [0.4, 0.5) is 0 Å². The van der Waals surface area contributed by atoms with Gasteiger partial charge in [0, 0.05) is 17.5 Å². The third-order valence-electron chi connectivity index (χ3n) is 3.12. The first-order valence-electron chi connectivity index (χ1n) is 6.33. The Kier molecular flexibility index (Phi) is 3.47. The standard InChI is InChI=1S/C14H13N3O2S/c18-14(19)10-6-7-13-16-15-12(17(13)9-10)5-1-3-11-4-2-8-20-11/h2,4,6-9H,1,3,5H2,(H,18,19). The molecule has 5 nitrogen and oxygen atoms in total. The summed E-state index contributed by atoms with van der Waals surface area (Å²) in [6.07, 6.45) is 4.34. The number of hydrogen-bond acceptors (Lipinski definition) is 4. The number of rotatable bonds is 5. The number of carboxylic acids is 1. The normalized spacial score (nSPS) is 11.0. The monoisotopic (exact) mass is 287 g/mol. The number of thiophene rings is 1. The number of carboxylic acid groups (broad SMARTS) is 1. The molecule has 3 aromatic rings. The first-order chi connectivity index (χ1) is 9.74. The Bertz CT molecular complexity index is 734. The van der Waals surface area contributed by atoms with Crippen LogP contribution in [0, 0.1) is 0 Å². The lowest BCUT2D eigenvalue weighted by atomic mass is 10.2. The van der Waals surface area contributed by atoms with Crippen LogP contribution in [0.25, 0.3) is 5.65 Å². The summed E-state index contributed by atoms with van der Waals surface area (Å²) in [5.74, 6) is -0.134. The van der Waals surface area contributed by atoms with Gasteiger partial charge in [0.1, 0.15) is 5.82 Å². The molecule has 1 N–H and O–H groups in total. The minimum atomic E-state index is -0.940. The molecule has 0 saturated heterocycles. The predicted octanol–water partition coefficient (Wildman–Crippen LogP) is 2.66. The molecular formula is C14H13N3O2S. The molecule has 0 bridgehead atoms. The highest BCUT2D eigenvalue weighted by molar-refractivity contribution is 7.09. The van der Waals surface area contributed by atoms with Gasteiger partial charge in [-0.15, -0.1) is 21.5 Å². The second-order valence-corrected chi connectivity index (χ2v) is 5.53. The number of fused-ring (bicyclic) bond motifs is 1. The van der Waals surface area contributed by atoms with E-state index >= 15 is 0 Å². The van der Waals surface area contributed by atoms with E-state index in [1.807, 2.05) is 6.07 Å². The quantitative estimate of drug-likeness (QED) is 0.783. The summed E-state index contributed by atoms with van der Waals surface area (Å²) in [5, 5.41) is 19.3. The SMILES string of the molecule is O=C(O)c1ccc2nnc(CCCc3cccs3)n2c1. The van der Waals surface area contributed by atoms with Crippen molar-refractivity contribution in [3.63, 3.8) is 0 Å². The van der Waals surface area contributed by atoms with Gasteiger partial charge in [-0.25, -0.2) is 4.79 Å². The molecule has 6 heteroatoms. The number of aryl methyl sites for hydroxylation is 2. The van der Waals surface area contributed by atoms with Crippen LogP contribution in [-0.4, -0.2) is 25.7 Å². The van der Waals surface area contributed by atoms with Crippen LogP contribution in [-0.2, 0) is 12.8 Å². The van der Waals surface area contributed by atoms with Gasteiger partial charge >= 0.3 is 5.97 Å². The van der Waals surface area contributed by atoms with Crippen molar-refractivity contribution in [2.75, 3.05) is 0 Å². The summed E-state index contributed by atoms with van der Waals surface area (Å²) in [7, 11) is 0. The molecule has 3 aromatic heterocycles. The van der Waals surface area contributed by atoms with Gasteiger partial charge in [-0.05, 0) is 36.4 Å². The molecule has 0 saturated carbocycles. The van der Waals surface area contributed by atoms with Crippen molar-refractivity contribution in [3.05, 3.63) is 52.1 Å². The van der Waals surface area contributed by atoms with Gasteiger partial charge in [-0.2, -0.15) is 0 Å². The summed E-state index contributed by atoms with van der Waals surface area (Å²) in [6.45, 7) is 0. The molecule has 0 radical (unpaired) electrons. The zero-order valence-electron chi connectivity index (χ0n) is 10.7. The fourth-order valence-corrected chi connectivity index (χ4v) is 2.86. The second-order valence-electron chi connectivity index (χ2n) is 4.50. The summed E-state index contributed by atoms with van der Waals surface area (Å²) >= 11 is 1.75. The van der Waals surface area contributed by atoms with E-state index < -0.39 is 5.97 Å². The molecule has 0 aromatic carbocycles. The molecular weight excluding hydrogens is 274 g/mol. The van der Waals surface area contributed by atoms with E-state index in [1.54, 1.807) is 34.1 Å². The summed E-state index contributed by atoms with van der Waals surface area (Å²) in [4.78, 5) is 12.3.